The molecule has 2 N–H and O–H groups in total. The zero-order valence-corrected chi connectivity index (χ0v) is 11.6. The van der Waals surface area contributed by atoms with Gasteiger partial charge in [0, 0.05) is 25.2 Å². The van der Waals surface area contributed by atoms with E-state index in [4.69, 9.17) is 10.5 Å². The average Bonchev–Trinajstić information content (AvgIpc) is 2.61. The molecule has 3 atom stereocenters. The molecule has 2 saturated heterocycles. The Morgan fingerprint density at radius 3 is 2.65 bits per heavy atom. The Labute approximate surface area is 106 Å². The first-order chi connectivity index (χ1) is 8.02. The van der Waals surface area contributed by atoms with Crippen LogP contribution in [0.25, 0.3) is 0 Å². The predicted molar refractivity (Wildman–Crippen MR) is 71.0 cm³/mol. The molecule has 0 aliphatic carbocycles. The summed E-state index contributed by atoms with van der Waals surface area (Å²) in [7, 11) is 0. The van der Waals surface area contributed by atoms with E-state index in [1.54, 1.807) is 0 Å². The lowest BCUT2D eigenvalue weighted by atomic mass is 9.95. The fourth-order valence-electron chi connectivity index (χ4n) is 3.36. The fraction of sp³-hybridized carbons (Fsp3) is 1.00. The summed E-state index contributed by atoms with van der Waals surface area (Å²) in [6, 6.07) is 1.25. The quantitative estimate of drug-likeness (QED) is 0.821. The van der Waals surface area contributed by atoms with Crippen LogP contribution in [-0.2, 0) is 4.74 Å². The minimum Gasteiger partial charge on any atom is -0.371 e. The van der Waals surface area contributed by atoms with Crippen molar-refractivity contribution < 1.29 is 4.74 Å². The first-order valence-electron chi connectivity index (χ1n) is 7.15. The molecule has 17 heavy (non-hydrogen) atoms. The van der Waals surface area contributed by atoms with Gasteiger partial charge in [-0.3, -0.25) is 4.90 Å². The van der Waals surface area contributed by atoms with Gasteiger partial charge in [-0.05, 0) is 46.5 Å². The minimum atomic E-state index is 0.0852. The van der Waals surface area contributed by atoms with E-state index in [9.17, 15) is 0 Å². The minimum absolute atomic E-state index is 0.0852. The molecule has 2 aliphatic heterocycles. The maximum Gasteiger partial charge on any atom is 0.0710 e. The van der Waals surface area contributed by atoms with Gasteiger partial charge in [0.2, 0.25) is 0 Å². The Kier molecular flexibility index (Phi) is 4.11. The van der Waals surface area contributed by atoms with Crippen LogP contribution >= 0.6 is 0 Å². The molecule has 3 heteroatoms. The molecule has 3 nitrogen and oxygen atoms in total. The molecule has 0 saturated carbocycles. The number of nitrogens with two attached hydrogens (primary N) is 1. The summed E-state index contributed by atoms with van der Waals surface area (Å²) >= 11 is 0. The van der Waals surface area contributed by atoms with Gasteiger partial charge in [-0.2, -0.15) is 0 Å². The van der Waals surface area contributed by atoms with Crippen molar-refractivity contribution in [2.45, 2.75) is 76.7 Å². The number of ether oxygens (including phenoxy) is 1. The Morgan fingerprint density at radius 1 is 1.29 bits per heavy atom. The third-order valence-corrected chi connectivity index (χ3v) is 4.44. The van der Waals surface area contributed by atoms with Crippen LogP contribution in [0.3, 0.4) is 0 Å². The number of piperidine rings is 1. The Balaban J connectivity index is 1.92. The summed E-state index contributed by atoms with van der Waals surface area (Å²) in [6.07, 6.45) is 6.71. The molecule has 0 aromatic carbocycles. The first kappa shape index (κ1) is 13.3. The summed E-state index contributed by atoms with van der Waals surface area (Å²) in [5.74, 6) is 0. The topological polar surface area (TPSA) is 38.5 Å². The van der Waals surface area contributed by atoms with Crippen LogP contribution < -0.4 is 5.73 Å². The van der Waals surface area contributed by atoms with E-state index in [0.29, 0.717) is 18.2 Å². The van der Waals surface area contributed by atoms with E-state index in [0.717, 1.165) is 13.1 Å². The third kappa shape index (κ3) is 3.21. The molecule has 2 aliphatic rings. The number of rotatable bonds is 3. The maximum absolute atomic E-state index is 6.11. The average molecular weight is 240 g/mol. The van der Waals surface area contributed by atoms with Gasteiger partial charge >= 0.3 is 0 Å². The number of hydrogen-bond donors (Lipinski definition) is 1. The molecule has 0 aromatic rings. The predicted octanol–water partition coefficient (Wildman–Crippen LogP) is 2.15. The van der Waals surface area contributed by atoms with E-state index in [2.05, 4.69) is 25.7 Å². The van der Waals surface area contributed by atoms with Crippen molar-refractivity contribution in [3.05, 3.63) is 0 Å². The molecule has 0 aromatic heterocycles. The van der Waals surface area contributed by atoms with E-state index >= 15 is 0 Å². The summed E-state index contributed by atoms with van der Waals surface area (Å²) in [4.78, 5) is 2.59. The molecule has 0 amide bonds. The standard InChI is InChI=1S/C14H28N2O/c1-11-5-4-6-12(9-15)16(11)10-13-7-8-14(2,3)17-13/h11-13H,4-10,15H2,1-3H3. The van der Waals surface area contributed by atoms with Crippen molar-refractivity contribution >= 4 is 0 Å². The molecule has 0 radical (unpaired) electrons. The number of nitrogens with zero attached hydrogens (tertiary/aromatic N) is 1. The lowest BCUT2D eigenvalue weighted by molar-refractivity contribution is -0.0446. The van der Waals surface area contributed by atoms with Gasteiger partial charge in [-0.15, -0.1) is 0 Å². The van der Waals surface area contributed by atoms with Gasteiger partial charge in [0.15, 0.2) is 0 Å². The van der Waals surface area contributed by atoms with Crippen LogP contribution in [0.2, 0.25) is 0 Å². The molecular formula is C14H28N2O. The Morgan fingerprint density at radius 2 is 2.06 bits per heavy atom. The second kappa shape index (κ2) is 5.25. The zero-order chi connectivity index (χ0) is 12.5. The highest BCUT2D eigenvalue weighted by molar-refractivity contribution is 4.88. The van der Waals surface area contributed by atoms with E-state index in [1.165, 1.54) is 32.1 Å². The molecule has 2 fully saturated rings. The first-order valence-corrected chi connectivity index (χ1v) is 7.15. The van der Waals surface area contributed by atoms with Gasteiger partial charge < -0.3 is 10.5 Å². The highest BCUT2D eigenvalue weighted by atomic mass is 16.5. The van der Waals surface area contributed by atoms with Crippen LogP contribution in [0.4, 0.5) is 0 Å². The van der Waals surface area contributed by atoms with Crippen molar-refractivity contribution in [3.63, 3.8) is 0 Å². The second-order valence-electron chi connectivity index (χ2n) is 6.40. The third-order valence-electron chi connectivity index (χ3n) is 4.44. The molecular weight excluding hydrogens is 212 g/mol. The van der Waals surface area contributed by atoms with Gasteiger partial charge in [-0.25, -0.2) is 0 Å². The Bertz CT molecular complexity index is 255. The molecule has 3 unspecified atom stereocenters. The van der Waals surface area contributed by atoms with Crippen LogP contribution in [-0.4, -0.2) is 41.8 Å². The molecule has 0 bridgehead atoms. The molecule has 2 rings (SSSR count). The van der Waals surface area contributed by atoms with Gasteiger partial charge in [0.05, 0.1) is 11.7 Å². The van der Waals surface area contributed by atoms with E-state index in [-0.39, 0.29) is 5.60 Å². The summed E-state index contributed by atoms with van der Waals surface area (Å²) in [5, 5.41) is 0. The Hall–Kier alpha value is -0.120. The van der Waals surface area contributed by atoms with Crippen molar-refractivity contribution in [1.29, 1.82) is 0 Å². The second-order valence-corrected chi connectivity index (χ2v) is 6.40. The maximum atomic E-state index is 6.11. The van der Waals surface area contributed by atoms with Crippen LogP contribution in [0, 0.1) is 0 Å². The van der Waals surface area contributed by atoms with Crippen molar-refractivity contribution in [2.24, 2.45) is 5.73 Å². The lowest BCUT2D eigenvalue weighted by Crippen LogP contribution is -2.51. The molecule has 2 heterocycles. The van der Waals surface area contributed by atoms with Crippen molar-refractivity contribution in [1.82, 2.24) is 4.90 Å². The monoisotopic (exact) mass is 240 g/mol. The van der Waals surface area contributed by atoms with Crippen molar-refractivity contribution in [3.8, 4) is 0 Å². The van der Waals surface area contributed by atoms with Gasteiger partial charge in [-0.1, -0.05) is 6.42 Å². The van der Waals surface area contributed by atoms with Crippen LogP contribution in [0.15, 0.2) is 0 Å². The van der Waals surface area contributed by atoms with Crippen LogP contribution in [0.5, 0.6) is 0 Å². The fourth-order valence-corrected chi connectivity index (χ4v) is 3.36. The number of hydrogen-bond acceptors (Lipinski definition) is 3. The normalized spacial score (nSPS) is 38.5. The van der Waals surface area contributed by atoms with Crippen LogP contribution in [0.1, 0.15) is 52.9 Å². The van der Waals surface area contributed by atoms with E-state index < -0.39 is 0 Å². The highest BCUT2D eigenvalue weighted by Gasteiger charge is 2.35. The largest absolute Gasteiger partial charge is 0.371 e. The smallest absolute Gasteiger partial charge is 0.0710 e. The van der Waals surface area contributed by atoms with Crippen molar-refractivity contribution in [2.75, 3.05) is 13.1 Å². The number of likely N-dealkylation sites (tertiary alicyclic amines) is 1. The van der Waals surface area contributed by atoms with E-state index in [1.807, 2.05) is 0 Å². The zero-order valence-electron chi connectivity index (χ0n) is 11.6. The molecule has 100 valence electrons. The SMILES string of the molecule is CC1CCCC(CN)N1CC1CCC(C)(C)O1. The summed E-state index contributed by atoms with van der Waals surface area (Å²) in [5.41, 5.74) is 5.99. The summed E-state index contributed by atoms with van der Waals surface area (Å²) < 4.78 is 6.11. The highest BCUT2D eigenvalue weighted by Crippen LogP contribution is 2.31. The lowest BCUT2D eigenvalue weighted by Gasteiger charge is -2.41. The van der Waals surface area contributed by atoms with Gasteiger partial charge in [0.1, 0.15) is 0 Å². The van der Waals surface area contributed by atoms with Gasteiger partial charge in [0.25, 0.3) is 0 Å². The molecule has 0 spiro atoms. The summed E-state index contributed by atoms with van der Waals surface area (Å²) in [6.45, 7) is 8.61.